The van der Waals surface area contributed by atoms with Gasteiger partial charge in [-0.2, -0.15) is 9.48 Å². The molecule has 1 heterocycles. The molecule has 0 radical (unpaired) electrons. The number of halogens is 6. The molecule has 1 aliphatic heterocycles. The Morgan fingerprint density at radius 2 is 1.72 bits per heavy atom. The van der Waals surface area contributed by atoms with E-state index < -0.39 is 22.7 Å². The van der Waals surface area contributed by atoms with E-state index in [9.17, 15) is 13.9 Å². The largest absolute Gasteiger partial charge is 0.386 e. The van der Waals surface area contributed by atoms with Crippen LogP contribution in [0.25, 0.3) is 0 Å². The third-order valence-corrected chi connectivity index (χ3v) is 5.05. The number of quaternary nitrogens is 1. The Hall–Kier alpha value is -1.21. The van der Waals surface area contributed by atoms with Crippen molar-refractivity contribution < 1.29 is 13.9 Å². The van der Waals surface area contributed by atoms with Crippen molar-refractivity contribution in [3.63, 3.8) is 0 Å². The van der Waals surface area contributed by atoms with Crippen LogP contribution in [0.5, 0.6) is 0 Å². The molecule has 0 amide bonds. The monoisotopic (exact) mass is 423 g/mol. The molecule has 0 bridgehead atoms. The maximum absolute atomic E-state index is 14.8. The number of aliphatic imine (C=N–C) groups is 1. The number of hydrogen-bond acceptors (Lipinski definition) is 2. The van der Waals surface area contributed by atoms with Gasteiger partial charge in [-0.1, -0.05) is 40.9 Å². The van der Waals surface area contributed by atoms with E-state index in [-0.39, 0.29) is 37.6 Å². The van der Waals surface area contributed by atoms with Crippen LogP contribution < -0.4 is 4.48 Å². The summed E-state index contributed by atoms with van der Waals surface area (Å²) in [6.45, 7) is -0.614. The van der Waals surface area contributed by atoms with Gasteiger partial charge in [0, 0.05) is 17.7 Å². The number of nitrogens with zero attached hydrogens (tertiary/aromatic N) is 2. The van der Waals surface area contributed by atoms with Crippen LogP contribution in [-0.2, 0) is 0 Å². The molecule has 25 heavy (non-hydrogen) atoms. The second kappa shape index (κ2) is 6.83. The first-order valence-corrected chi connectivity index (χ1v) is 8.39. The van der Waals surface area contributed by atoms with Crippen molar-refractivity contribution in [3.8, 4) is 0 Å². The Kier molecular flexibility index (Phi) is 5.08. The van der Waals surface area contributed by atoms with Crippen molar-refractivity contribution in [3.05, 3.63) is 68.9 Å². The van der Waals surface area contributed by atoms with Crippen LogP contribution in [0.15, 0.2) is 52.2 Å². The van der Waals surface area contributed by atoms with Crippen LogP contribution in [0.3, 0.4) is 0 Å². The number of aliphatic hydroxyl groups excluding tert-OH is 1. The summed E-state index contributed by atoms with van der Waals surface area (Å²) in [6.07, 6.45) is 0. The van der Waals surface area contributed by atoms with E-state index >= 15 is 0 Å². The molecule has 3 rings (SSSR count). The zero-order valence-corrected chi connectivity index (χ0v) is 15.3. The molecular formula is C16H9Cl4F2N2O+. The lowest BCUT2D eigenvalue weighted by Crippen LogP contribution is -2.46. The molecule has 1 N–H and O–H groups in total. The third kappa shape index (κ3) is 2.76. The molecule has 1 aliphatic rings. The molecule has 0 aliphatic carbocycles. The normalized spacial score (nSPS) is 20.2. The van der Waals surface area contributed by atoms with Gasteiger partial charge in [0.25, 0.3) is 0 Å². The minimum absolute atomic E-state index is 0.00561. The third-order valence-electron chi connectivity index (χ3n) is 3.80. The van der Waals surface area contributed by atoms with Gasteiger partial charge in [0.1, 0.15) is 22.5 Å². The first-order chi connectivity index (χ1) is 11.8. The van der Waals surface area contributed by atoms with Gasteiger partial charge < -0.3 is 5.11 Å². The van der Waals surface area contributed by atoms with E-state index in [0.717, 1.165) is 12.1 Å². The predicted molar refractivity (Wildman–Crippen MR) is 97.5 cm³/mol. The topological polar surface area (TPSA) is 32.6 Å². The number of aliphatic hydroxyl groups is 1. The Morgan fingerprint density at radius 3 is 2.32 bits per heavy atom. The first-order valence-electron chi connectivity index (χ1n) is 6.88. The van der Waals surface area contributed by atoms with Gasteiger partial charge in [-0.3, -0.25) is 0 Å². The molecule has 130 valence electrons. The molecule has 0 saturated heterocycles. The molecule has 0 fully saturated rings. The standard InChI is InChI=1S/C16H9Cl4F2N2O/c17-9-2-1-3-11(22)14(9)24(12-5-4-8(21)6-10(12)18)13(7-25)15(19)23-16(24)20/h1-6,25H,7H2/q+1. The van der Waals surface area contributed by atoms with Crippen LogP contribution in [-0.4, -0.2) is 17.0 Å². The van der Waals surface area contributed by atoms with Gasteiger partial charge in [0.05, 0.1) is 0 Å². The Morgan fingerprint density at radius 1 is 1.00 bits per heavy atom. The highest BCUT2D eigenvalue weighted by Gasteiger charge is 2.53. The quantitative estimate of drug-likeness (QED) is 0.481. The summed E-state index contributed by atoms with van der Waals surface area (Å²) in [6, 6.07) is 7.50. The average molecular weight is 425 g/mol. The average Bonchev–Trinajstić information content (AvgIpc) is 2.78. The second-order valence-corrected chi connectivity index (χ2v) is 6.62. The molecule has 0 saturated carbocycles. The molecule has 9 heteroatoms. The Bertz CT molecular complexity index is 912. The molecule has 0 aromatic heterocycles. The van der Waals surface area contributed by atoms with E-state index in [1.54, 1.807) is 0 Å². The van der Waals surface area contributed by atoms with E-state index in [1.165, 1.54) is 24.3 Å². The highest BCUT2D eigenvalue weighted by molar-refractivity contribution is 6.69. The van der Waals surface area contributed by atoms with Crippen LogP contribution in [0.2, 0.25) is 10.0 Å². The second-order valence-electron chi connectivity index (χ2n) is 5.11. The van der Waals surface area contributed by atoms with Crippen molar-refractivity contribution >= 4 is 63.1 Å². The fourth-order valence-corrected chi connectivity index (χ4v) is 4.05. The minimum atomic E-state index is -0.762. The summed E-state index contributed by atoms with van der Waals surface area (Å²) < 4.78 is 27.5. The van der Waals surface area contributed by atoms with Gasteiger partial charge in [-0.25, -0.2) is 8.78 Å². The predicted octanol–water partition coefficient (Wildman–Crippen LogP) is 5.92. The molecule has 3 nitrogen and oxygen atoms in total. The summed E-state index contributed by atoms with van der Waals surface area (Å²) in [5, 5.41) is 9.46. The van der Waals surface area contributed by atoms with Crippen molar-refractivity contribution in [1.82, 2.24) is 4.48 Å². The van der Waals surface area contributed by atoms with Crippen molar-refractivity contribution in [2.75, 3.05) is 6.61 Å². The van der Waals surface area contributed by atoms with E-state index in [1.807, 2.05) is 0 Å². The molecule has 2 aromatic rings. The van der Waals surface area contributed by atoms with E-state index in [4.69, 9.17) is 46.4 Å². The first kappa shape index (κ1) is 18.6. The summed E-state index contributed by atoms with van der Waals surface area (Å²) in [5.74, 6) is -1.32. The van der Waals surface area contributed by atoms with E-state index in [2.05, 4.69) is 4.99 Å². The van der Waals surface area contributed by atoms with Crippen LogP contribution in [0, 0.1) is 11.6 Å². The van der Waals surface area contributed by atoms with Gasteiger partial charge in [-0.15, -0.1) is 0 Å². The van der Waals surface area contributed by atoms with Gasteiger partial charge in [0.15, 0.2) is 22.4 Å². The Labute approximate surface area is 161 Å². The summed E-state index contributed by atoms with van der Waals surface area (Å²) in [5.41, 5.74) is 0.0433. The maximum atomic E-state index is 14.8. The van der Waals surface area contributed by atoms with Gasteiger partial charge in [0.2, 0.25) is 5.69 Å². The molecular weight excluding hydrogens is 416 g/mol. The van der Waals surface area contributed by atoms with Gasteiger partial charge in [-0.05, 0) is 24.3 Å². The zero-order valence-electron chi connectivity index (χ0n) is 12.3. The van der Waals surface area contributed by atoms with Crippen molar-refractivity contribution in [1.29, 1.82) is 0 Å². The lowest BCUT2D eigenvalue weighted by molar-refractivity contribution is 0.310. The minimum Gasteiger partial charge on any atom is -0.386 e. The van der Waals surface area contributed by atoms with Crippen molar-refractivity contribution in [2.24, 2.45) is 4.99 Å². The maximum Gasteiger partial charge on any atom is 0.317 e. The summed E-state index contributed by atoms with van der Waals surface area (Å²) in [7, 11) is 0. The number of para-hydroxylation sites is 1. The number of rotatable bonds is 3. The smallest absolute Gasteiger partial charge is 0.317 e. The van der Waals surface area contributed by atoms with Crippen LogP contribution in [0.4, 0.5) is 20.2 Å². The lowest BCUT2D eigenvalue weighted by Gasteiger charge is -2.34. The summed E-state index contributed by atoms with van der Waals surface area (Å²) >= 11 is 24.9. The number of amidine groups is 1. The SMILES string of the molecule is OCC1=C(Cl)N=C(Cl)[N+]1(c1ccc(F)cc1Cl)c1c(F)cccc1Cl. The fourth-order valence-electron chi connectivity index (χ4n) is 2.80. The molecule has 1 atom stereocenters. The Balaban J connectivity index is 2.49. The van der Waals surface area contributed by atoms with Crippen LogP contribution in [0.1, 0.15) is 0 Å². The van der Waals surface area contributed by atoms with Gasteiger partial charge >= 0.3 is 5.29 Å². The highest BCUT2D eigenvalue weighted by atomic mass is 35.5. The van der Waals surface area contributed by atoms with E-state index in [0.29, 0.717) is 0 Å². The fraction of sp³-hybridized carbons (Fsp3) is 0.0625. The zero-order chi connectivity index (χ0) is 18.4. The van der Waals surface area contributed by atoms with Crippen molar-refractivity contribution in [2.45, 2.75) is 0 Å². The molecule has 1 unspecified atom stereocenters. The molecule has 0 spiro atoms. The number of benzene rings is 2. The summed E-state index contributed by atoms with van der Waals surface area (Å²) in [4.78, 5) is 3.95. The van der Waals surface area contributed by atoms with Crippen LogP contribution >= 0.6 is 46.4 Å². The highest BCUT2D eigenvalue weighted by Crippen LogP contribution is 2.52. The number of hydrogen-bond donors (Lipinski definition) is 1. The lowest BCUT2D eigenvalue weighted by atomic mass is 10.1. The molecule has 2 aromatic carbocycles.